The first kappa shape index (κ1) is 17.1. The fourth-order valence-electron chi connectivity index (χ4n) is 4.17. The van der Waals surface area contributed by atoms with E-state index in [4.69, 9.17) is 0 Å². The van der Waals surface area contributed by atoms with Crippen molar-refractivity contribution in [3.05, 3.63) is 60.9 Å². The van der Waals surface area contributed by atoms with Gasteiger partial charge in [0, 0.05) is 48.0 Å². The molecule has 6 heteroatoms. The first-order valence-electron chi connectivity index (χ1n) is 9.73. The smallest absolute Gasteiger partial charge is 0.137 e. The number of rotatable bonds is 4. The summed E-state index contributed by atoms with van der Waals surface area (Å²) in [5.74, 6) is 0.377. The Morgan fingerprint density at radius 2 is 2.11 bits per heavy atom. The van der Waals surface area contributed by atoms with E-state index in [0.29, 0.717) is 18.8 Å². The number of hydrogen-bond acceptors (Lipinski definition) is 3. The number of nitrogens with zero attached hydrogens (tertiary/aromatic N) is 5. The highest BCUT2D eigenvalue weighted by molar-refractivity contribution is 5.81. The molecule has 28 heavy (non-hydrogen) atoms. The Morgan fingerprint density at radius 1 is 1.18 bits per heavy atom. The van der Waals surface area contributed by atoms with Crippen LogP contribution in [0.1, 0.15) is 25.0 Å². The van der Waals surface area contributed by atoms with E-state index in [1.54, 1.807) is 0 Å². The fraction of sp³-hybridized carbons (Fsp3) is 0.318. The summed E-state index contributed by atoms with van der Waals surface area (Å²) in [6.07, 6.45) is 11.4. The van der Waals surface area contributed by atoms with Crippen molar-refractivity contribution in [2.45, 2.75) is 38.9 Å². The molecule has 0 radical (unpaired) electrons. The molecule has 0 N–H and O–H groups in total. The molecular weight excluding hydrogens is 353 g/mol. The predicted octanol–water partition coefficient (Wildman–Crippen LogP) is 4.71. The maximum absolute atomic E-state index is 13.5. The number of alkyl halides is 1. The van der Waals surface area contributed by atoms with Gasteiger partial charge in [-0.05, 0) is 50.3 Å². The Balaban J connectivity index is 1.47. The van der Waals surface area contributed by atoms with Crippen LogP contribution < -0.4 is 0 Å². The van der Waals surface area contributed by atoms with E-state index in [-0.39, 0.29) is 0 Å². The molecule has 5 rings (SSSR count). The van der Waals surface area contributed by atoms with Gasteiger partial charge < -0.3 is 4.40 Å². The van der Waals surface area contributed by atoms with Crippen molar-refractivity contribution in [2.24, 2.45) is 5.92 Å². The maximum atomic E-state index is 13.5. The van der Waals surface area contributed by atoms with E-state index >= 15 is 0 Å². The van der Waals surface area contributed by atoms with Crippen LogP contribution in [-0.2, 0) is 6.54 Å². The third-order valence-electron chi connectivity index (χ3n) is 5.53. The van der Waals surface area contributed by atoms with Gasteiger partial charge in [-0.2, -0.15) is 5.10 Å². The lowest BCUT2D eigenvalue weighted by Crippen LogP contribution is -2.08. The topological polar surface area (TPSA) is 48.0 Å². The number of hydrogen-bond donors (Lipinski definition) is 0. The van der Waals surface area contributed by atoms with Crippen molar-refractivity contribution in [2.75, 3.05) is 0 Å². The van der Waals surface area contributed by atoms with Crippen LogP contribution in [0, 0.1) is 12.8 Å². The zero-order valence-corrected chi connectivity index (χ0v) is 15.8. The molecule has 0 amide bonds. The normalized spacial score (nSPS) is 19.5. The van der Waals surface area contributed by atoms with E-state index in [0.717, 1.165) is 46.7 Å². The van der Waals surface area contributed by atoms with Crippen molar-refractivity contribution in [1.29, 1.82) is 0 Å². The van der Waals surface area contributed by atoms with Crippen molar-refractivity contribution in [3.8, 4) is 22.4 Å². The number of halogens is 1. The van der Waals surface area contributed by atoms with Crippen LogP contribution in [0.15, 0.2) is 55.2 Å². The highest BCUT2D eigenvalue weighted by atomic mass is 19.1. The number of aryl methyl sites for hydroxylation is 1. The first-order chi connectivity index (χ1) is 13.7. The minimum absolute atomic E-state index is 0.377. The van der Waals surface area contributed by atoms with Crippen molar-refractivity contribution in [3.63, 3.8) is 0 Å². The average molecular weight is 375 g/mol. The molecule has 2 atom stereocenters. The van der Waals surface area contributed by atoms with Crippen LogP contribution in [-0.4, -0.2) is 30.3 Å². The van der Waals surface area contributed by atoms with Crippen molar-refractivity contribution >= 4 is 5.65 Å². The van der Waals surface area contributed by atoms with Crippen LogP contribution >= 0.6 is 0 Å². The zero-order chi connectivity index (χ0) is 19.1. The molecule has 4 aromatic heterocycles. The van der Waals surface area contributed by atoms with Crippen LogP contribution in [0.2, 0.25) is 0 Å². The first-order valence-corrected chi connectivity index (χ1v) is 9.73. The molecule has 1 fully saturated rings. The lowest BCUT2D eigenvalue weighted by Gasteiger charge is -2.09. The minimum atomic E-state index is -0.647. The van der Waals surface area contributed by atoms with Gasteiger partial charge in [-0.15, -0.1) is 0 Å². The molecule has 4 heterocycles. The third-order valence-corrected chi connectivity index (χ3v) is 5.53. The highest BCUT2D eigenvalue weighted by Gasteiger charge is 2.24. The lowest BCUT2D eigenvalue weighted by atomic mass is 10.0. The quantitative estimate of drug-likeness (QED) is 0.519. The second-order valence-corrected chi connectivity index (χ2v) is 7.69. The Bertz CT molecular complexity index is 1130. The standard InChI is InChI=1S/C22H22FN5/c1-15-12-27-8-6-17(10-21(27)26-15)22-20(3-2-7-24-22)18-11-25-28(14-18)13-16-4-5-19(23)9-16/h2-3,6-8,10-12,14,16,19H,4-5,9,13H2,1H3/t16?,19-/m0/s1. The Morgan fingerprint density at radius 3 is 2.96 bits per heavy atom. The monoisotopic (exact) mass is 375 g/mol. The van der Waals surface area contributed by atoms with Crippen LogP contribution in [0.25, 0.3) is 28.0 Å². The third kappa shape index (κ3) is 3.19. The average Bonchev–Trinajstić information content (AvgIpc) is 3.41. The molecule has 0 aliphatic heterocycles. The van der Waals surface area contributed by atoms with E-state index in [2.05, 4.69) is 33.3 Å². The number of imidazole rings is 1. The Kier molecular flexibility index (Phi) is 4.19. The zero-order valence-electron chi connectivity index (χ0n) is 15.8. The summed E-state index contributed by atoms with van der Waals surface area (Å²) in [6, 6.07) is 8.13. The van der Waals surface area contributed by atoms with Crippen LogP contribution in [0.4, 0.5) is 4.39 Å². The van der Waals surface area contributed by atoms with Crippen LogP contribution in [0.5, 0.6) is 0 Å². The molecule has 5 nitrogen and oxygen atoms in total. The van der Waals surface area contributed by atoms with Gasteiger partial charge in [0.2, 0.25) is 0 Å². The molecule has 0 saturated heterocycles. The Labute approximate surface area is 162 Å². The SMILES string of the molecule is Cc1cn2ccc(-c3ncccc3-c3cnn(CC4CC[C@H](F)C4)c3)cc2n1. The molecule has 1 unspecified atom stereocenters. The van der Waals surface area contributed by atoms with E-state index in [1.165, 1.54) is 0 Å². The number of aromatic nitrogens is 5. The summed E-state index contributed by atoms with van der Waals surface area (Å²) in [5, 5.41) is 4.52. The lowest BCUT2D eigenvalue weighted by molar-refractivity contribution is 0.320. The van der Waals surface area contributed by atoms with Crippen LogP contribution in [0.3, 0.4) is 0 Å². The van der Waals surface area contributed by atoms with Gasteiger partial charge in [-0.3, -0.25) is 9.67 Å². The molecule has 0 bridgehead atoms. The minimum Gasteiger partial charge on any atom is -0.307 e. The number of fused-ring (bicyclic) bond motifs is 1. The van der Waals surface area contributed by atoms with E-state index in [1.807, 2.05) is 53.1 Å². The van der Waals surface area contributed by atoms with Gasteiger partial charge in [0.25, 0.3) is 0 Å². The second kappa shape index (κ2) is 6.86. The van der Waals surface area contributed by atoms with Gasteiger partial charge in [0.05, 0.1) is 17.6 Å². The van der Waals surface area contributed by atoms with Crippen molar-refractivity contribution < 1.29 is 4.39 Å². The molecule has 1 aliphatic carbocycles. The van der Waals surface area contributed by atoms with E-state index < -0.39 is 6.17 Å². The maximum Gasteiger partial charge on any atom is 0.137 e. The summed E-state index contributed by atoms with van der Waals surface area (Å²) >= 11 is 0. The molecular formula is C22H22FN5. The van der Waals surface area contributed by atoms with Gasteiger partial charge in [-0.1, -0.05) is 6.07 Å². The largest absolute Gasteiger partial charge is 0.307 e. The summed E-state index contributed by atoms with van der Waals surface area (Å²) in [7, 11) is 0. The second-order valence-electron chi connectivity index (χ2n) is 7.69. The summed E-state index contributed by atoms with van der Waals surface area (Å²) in [6.45, 7) is 2.76. The number of pyridine rings is 2. The molecule has 1 saturated carbocycles. The fourth-order valence-corrected chi connectivity index (χ4v) is 4.17. The summed E-state index contributed by atoms with van der Waals surface area (Å²) in [4.78, 5) is 9.20. The van der Waals surface area contributed by atoms with E-state index in [9.17, 15) is 4.39 Å². The molecule has 0 spiro atoms. The summed E-state index contributed by atoms with van der Waals surface area (Å²) < 4.78 is 17.4. The van der Waals surface area contributed by atoms with Gasteiger partial charge >= 0.3 is 0 Å². The molecule has 1 aliphatic rings. The molecule has 0 aromatic carbocycles. The van der Waals surface area contributed by atoms with Crippen molar-refractivity contribution in [1.82, 2.24) is 24.1 Å². The summed E-state index contributed by atoms with van der Waals surface area (Å²) in [5.41, 5.74) is 5.90. The van der Waals surface area contributed by atoms with Gasteiger partial charge in [0.15, 0.2) is 0 Å². The highest BCUT2D eigenvalue weighted by Crippen LogP contribution is 2.32. The van der Waals surface area contributed by atoms with Gasteiger partial charge in [-0.25, -0.2) is 9.37 Å². The predicted molar refractivity (Wildman–Crippen MR) is 107 cm³/mol. The Hall–Kier alpha value is -3.02. The molecule has 142 valence electrons. The van der Waals surface area contributed by atoms with Gasteiger partial charge in [0.1, 0.15) is 11.8 Å². The molecule has 4 aromatic rings.